The molecule has 0 radical (unpaired) electrons. The van der Waals surface area contributed by atoms with Crippen molar-refractivity contribution in [2.45, 2.75) is 63.3 Å². The van der Waals surface area contributed by atoms with Crippen molar-refractivity contribution in [3.8, 4) is 0 Å². The molecular weight excluding hydrogens is 713 g/mol. The van der Waals surface area contributed by atoms with Crippen LogP contribution >= 0.6 is 23.1 Å². The van der Waals surface area contributed by atoms with Crippen LogP contribution in [0.15, 0.2) is 89.5 Å². The summed E-state index contributed by atoms with van der Waals surface area (Å²) < 4.78 is 10.6. The second kappa shape index (κ2) is 17.0. The fraction of sp³-hybridized carbons (Fsp3) is 0.275. The monoisotopic (exact) mass is 754 g/mol. The number of aryl methyl sites for hydroxylation is 1. The molecule has 11 nitrogen and oxygen atoms in total. The van der Waals surface area contributed by atoms with Crippen LogP contribution in [0, 0.1) is 6.92 Å². The number of hydrogen-bond donors (Lipinski definition) is 3. The lowest BCUT2D eigenvalue weighted by atomic mass is 10.0. The van der Waals surface area contributed by atoms with Crippen molar-refractivity contribution in [1.29, 1.82) is 0 Å². The number of fused-ring (bicyclic) bond motifs is 1. The molecule has 53 heavy (non-hydrogen) atoms. The van der Waals surface area contributed by atoms with E-state index >= 15 is 0 Å². The molecule has 1 atom stereocenters. The van der Waals surface area contributed by atoms with Crippen LogP contribution in [-0.2, 0) is 32.0 Å². The van der Waals surface area contributed by atoms with E-state index in [9.17, 15) is 24.0 Å². The average Bonchev–Trinajstić information content (AvgIpc) is 3.48. The molecule has 2 heterocycles. The first-order chi connectivity index (χ1) is 25.2. The van der Waals surface area contributed by atoms with E-state index < -0.39 is 34.7 Å². The third-order valence-corrected chi connectivity index (χ3v) is 10.4. The molecule has 276 valence electrons. The average molecular weight is 755 g/mol. The van der Waals surface area contributed by atoms with Gasteiger partial charge in [-0.25, -0.2) is 9.59 Å². The summed E-state index contributed by atoms with van der Waals surface area (Å²) in [5, 5.41) is 8.30. The highest BCUT2D eigenvalue weighted by Crippen LogP contribution is 2.38. The Morgan fingerprint density at radius 1 is 0.943 bits per heavy atom. The highest BCUT2D eigenvalue weighted by Gasteiger charge is 2.33. The largest absolute Gasteiger partial charge is 0.465 e. The van der Waals surface area contributed by atoms with Gasteiger partial charge in [0.1, 0.15) is 16.3 Å². The molecule has 0 fully saturated rings. The molecule has 5 rings (SSSR count). The standard InChI is InChI=1S/C40H42N4O7S2/c1-24-13-10-11-16-27(24)21-31(42-35(46)26-14-8-7-9-15-26)36(47)41-28-17-12-18-29(22-28)52-25(2)34(45)43-37-33(38(48)50-6)30-19-20-44(23-32(30)53-37)39(49)51-40(3,4)5/h7-18,21-22,25H,19-20,23H2,1-6H3,(H,41,47)(H,42,46)(H,43,45)/b31-21-. The SMILES string of the molecule is COC(=O)c1c(NC(=O)C(C)Sc2cccc(NC(=O)/C(=C/c3ccccc3C)NC(=O)c3ccccc3)c2)sc2c1CCN(C(=O)OC(C)(C)C)C2. The number of thioether (sulfide) groups is 1. The van der Waals surface area contributed by atoms with Crippen LogP contribution in [0.2, 0.25) is 0 Å². The number of carbonyl (C=O) groups excluding carboxylic acids is 5. The number of thiophene rings is 1. The Morgan fingerprint density at radius 2 is 1.66 bits per heavy atom. The molecule has 3 N–H and O–H groups in total. The quantitative estimate of drug-likeness (QED) is 0.0851. The molecule has 13 heteroatoms. The fourth-order valence-electron chi connectivity index (χ4n) is 5.46. The van der Waals surface area contributed by atoms with Crippen molar-refractivity contribution in [1.82, 2.24) is 10.2 Å². The van der Waals surface area contributed by atoms with Crippen LogP contribution in [0.1, 0.15) is 70.0 Å². The number of carbonyl (C=O) groups is 5. The maximum atomic E-state index is 13.6. The van der Waals surface area contributed by atoms with Gasteiger partial charge in [-0.3, -0.25) is 14.4 Å². The zero-order valence-corrected chi connectivity index (χ0v) is 32.0. The molecule has 0 spiro atoms. The zero-order chi connectivity index (χ0) is 38.3. The van der Waals surface area contributed by atoms with Crippen LogP contribution in [0.3, 0.4) is 0 Å². The van der Waals surface area contributed by atoms with Gasteiger partial charge in [-0.15, -0.1) is 23.1 Å². The first-order valence-corrected chi connectivity index (χ1v) is 18.7. The number of amides is 4. The maximum Gasteiger partial charge on any atom is 0.410 e. The van der Waals surface area contributed by atoms with E-state index in [1.54, 1.807) is 87.2 Å². The Hall–Kier alpha value is -5.40. The number of ether oxygens (including phenoxy) is 2. The number of methoxy groups -OCH3 is 1. The van der Waals surface area contributed by atoms with Crippen molar-refractivity contribution in [2.24, 2.45) is 0 Å². The van der Waals surface area contributed by atoms with Gasteiger partial charge in [-0.1, -0.05) is 48.5 Å². The molecule has 0 saturated heterocycles. The van der Waals surface area contributed by atoms with Gasteiger partial charge in [0.15, 0.2) is 0 Å². The maximum absolute atomic E-state index is 13.6. The Kier molecular flexibility index (Phi) is 12.4. The molecule has 0 saturated carbocycles. The number of benzene rings is 3. The summed E-state index contributed by atoms with van der Waals surface area (Å²) in [6, 6.07) is 23.2. The van der Waals surface area contributed by atoms with Crippen molar-refractivity contribution >= 4 is 69.6 Å². The summed E-state index contributed by atoms with van der Waals surface area (Å²) >= 11 is 2.51. The third-order valence-electron chi connectivity index (χ3n) is 8.13. The molecule has 1 aliphatic heterocycles. The lowest BCUT2D eigenvalue weighted by Gasteiger charge is -2.30. The van der Waals surface area contributed by atoms with Crippen LogP contribution < -0.4 is 16.0 Å². The number of nitrogens with zero attached hydrogens (tertiary/aromatic N) is 1. The van der Waals surface area contributed by atoms with Gasteiger partial charge in [0, 0.05) is 27.6 Å². The molecule has 1 unspecified atom stereocenters. The number of esters is 1. The predicted molar refractivity (Wildman–Crippen MR) is 208 cm³/mol. The summed E-state index contributed by atoms with van der Waals surface area (Å²) in [6.07, 6.45) is 1.60. The molecule has 1 aliphatic rings. The van der Waals surface area contributed by atoms with Gasteiger partial charge in [-0.05, 0) is 94.1 Å². The molecule has 3 aromatic carbocycles. The number of rotatable bonds is 10. The predicted octanol–water partition coefficient (Wildman–Crippen LogP) is 7.67. The van der Waals surface area contributed by atoms with Gasteiger partial charge in [0.05, 0.1) is 24.5 Å². The van der Waals surface area contributed by atoms with Gasteiger partial charge in [-0.2, -0.15) is 0 Å². The lowest BCUT2D eigenvalue weighted by molar-refractivity contribution is -0.115. The Morgan fingerprint density at radius 3 is 2.36 bits per heavy atom. The third kappa shape index (κ3) is 10.1. The molecule has 0 bridgehead atoms. The number of hydrogen-bond acceptors (Lipinski definition) is 9. The first-order valence-electron chi connectivity index (χ1n) is 17.0. The fourth-order valence-corrected chi connectivity index (χ4v) is 7.64. The van der Waals surface area contributed by atoms with Crippen molar-refractivity contribution in [3.63, 3.8) is 0 Å². The van der Waals surface area contributed by atoms with Gasteiger partial charge in [0.2, 0.25) is 5.91 Å². The first kappa shape index (κ1) is 38.8. The molecule has 4 amide bonds. The van der Waals surface area contributed by atoms with Crippen LogP contribution in [0.25, 0.3) is 6.08 Å². The molecule has 0 aliphatic carbocycles. The summed E-state index contributed by atoms with van der Waals surface area (Å²) in [6.45, 7) is 9.67. The van der Waals surface area contributed by atoms with E-state index in [0.717, 1.165) is 21.6 Å². The van der Waals surface area contributed by atoms with Gasteiger partial charge in [0.25, 0.3) is 11.8 Å². The van der Waals surface area contributed by atoms with Crippen molar-refractivity contribution < 1.29 is 33.4 Å². The van der Waals surface area contributed by atoms with Crippen molar-refractivity contribution in [3.05, 3.63) is 117 Å². The Labute approximate surface area is 317 Å². The van der Waals surface area contributed by atoms with E-state index in [4.69, 9.17) is 9.47 Å². The molecular formula is C40H42N4O7S2. The van der Waals surface area contributed by atoms with Crippen LogP contribution in [0.5, 0.6) is 0 Å². The highest BCUT2D eigenvalue weighted by molar-refractivity contribution is 8.00. The lowest BCUT2D eigenvalue weighted by Crippen LogP contribution is -2.39. The van der Waals surface area contributed by atoms with Crippen LogP contribution in [-0.4, -0.2) is 59.2 Å². The smallest absolute Gasteiger partial charge is 0.410 e. The summed E-state index contributed by atoms with van der Waals surface area (Å²) in [7, 11) is 1.29. The number of anilines is 2. The van der Waals surface area contributed by atoms with E-state index in [-0.39, 0.29) is 18.1 Å². The second-order valence-electron chi connectivity index (χ2n) is 13.3. The van der Waals surface area contributed by atoms with E-state index in [1.807, 2.05) is 37.3 Å². The minimum atomic E-state index is -0.649. The van der Waals surface area contributed by atoms with Gasteiger partial charge < -0.3 is 30.3 Å². The van der Waals surface area contributed by atoms with E-state index in [2.05, 4.69) is 16.0 Å². The number of nitrogens with one attached hydrogen (secondary N) is 3. The van der Waals surface area contributed by atoms with E-state index in [1.165, 1.54) is 30.2 Å². The summed E-state index contributed by atoms with van der Waals surface area (Å²) in [4.78, 5) is 68.9. The normalized spacial score (nSPS) is 13.3. The Balaban J connectivity index is 1.29. The zero-order valence-electron chi connectivity index (χ0n) is 30.4. The molecule has 4 aromatic rings. The van der Waals surface area contributed by atoms with Crippen molar-refractivity contribution in [2.75, 3.05) is 24.3 Å². The molecule has 1 aromatic heterocycles. The summed E-state index contributed by atoms with van der Waals surface area (Å²) in [5.41, 5.74) is 3.03. The Bertz CT molecular complexity index is 2050. The minimum absolute atomic E-state index is 0.0632. The highest BCUT2D eigenvalue weighted by atomic mass is 32.2. The summed E-state index contributed by atoms with van der Waals surface area (Å²) in [5.74, 6) is -1.85. The van der Waals surface area contributed by atoms with Crippen LogP contribution in [0.4, 0.5) is 15.5 Å². The minimum Gasteiger partial charge on any atom is -0.465 e. The van der Waals surface area contributed by atoms with Gasteiger partial charge >= 0.3 is 12.1 Å². The van der Waals surface area contributed by atoms with E-state index in [0.29, 0.717) is 39.7 Å². The topological polar surface area (TPSA) is 143 Å². The second-order valence-corrected chi connectivity index (χ2v) is 15.8.